The summed E-state index contributed by atoms with van der Waals surface area (Å²) >= 11 is 0. The molecule has 0 amide bonds. The van der Waals surface area contributed by atoms with Gasteiger partial charge in [0.2, 0.25) is 5.79 Å². The molecule has 4 atom stereocenters. The summed E-state index contributed by atoms with van der Waals surface area (Å²) in [6.45, 7) is 3.34. The van der Waals surface area contributed by atoms with E-state index in [0.29, 0.717) is 29.7 Å². The summed E-state index contributed by atoms with van der Waals surface area (Å²) < 4.78 is 47.7. The molecule has 7 aromatic rings. The van der Waals surface area contributed by atoms with E-state index in [1.165, 1.54) is 0 Å². The third-order valence-corrected chi connectivity index (χ3v) is 11.9. The van der Waals surface area contributed by atoms with Crippen LogP contribution in [0, 0.1) is 11.3 Å². The predicted octanol–water partition coefficient (Wildman–Crippen LogP) is 10.7. The van der Waals surface area contributed by atoms with Gasteiger partial charge in [-0.25, -0.2) is 0 Å². The van der Waals surface area contributed by atoms with Crippen LogP contribution in [0.4, 0.5) is 0 Å². The minimum Gasteiger partial charge on any atom is -0.494 e. The SMILES string of the molecule is CCOc1ccc(Cc2cc(C3(O)OC(COCc4ccccc4)(COCc4ccccc4)C(OCc4ccccc4)C(OCc4ccccc4)C3OCc3ccccc3)ccc2C#N)cc1. The lowest BCUT2D eigenvalue weighted by molar-refractivity contribution is -0.414. The van der Waals surface area contributed by atoms with Gasteiger partial charge >= 0.3 is 0 Å². The molecule has 342 valence electrons. The van der Waals surface area contributed by atoms with Gasteiger partial charge in [0.25, 0.3) is 0 Å². The number of aliphatic hydroxyl groups is 1. The Kier molecular flexibility index (Phi) is 16.4. The van der Waals surface area contributed by atoms with Gasteiger partial charge in [-0.2, -0.15) is 5.26 Å². The number of hydrogen-bond acceptors (Lipinski definition) is 9. The molecule has 1 heterocycles. The molecule has 4 unspecified atom stereocenters. The van der Waals surface area contributed by atoms with Crippen LogP contribution in [0.5, 0.6) is 5.75 Å². The molecule has 0 bridgehead atoms. The molecule has 1 N–H and O–H groups in total. The van der Waals surface area contributed by atoms with E-state index in [4.69, 9.17) is 33.2 Å². The number of hydrogen-bond donors (Lipinski definition) is 1. The fourth-order valence-electron chi connectivity index (χ4n) is 8.51. The van der Waals surface area contributed by atoms with Crippen molar-refractivity contribution in [3.8, 4) is 11.8 Å². The number of ether oxygens (including phenoxy) is 7. The van der Waals surface area contributed by atoms with Crippen molar-refractivity contribution in [1.82, 2.24) is 0 Å². The fourth-order valence-corrected chi connectivity index (χ4v) is 8.51. The van der Waals surface area contributed by atoms with Crippen molar-refractivity contribution >= 4 is 0 Å². The van der Waals surface area contributed by atoms with E-state index >= 15 is 0 Å². The second-order valence-electron chi connectivity index (χ2n) is 16.8. The molecular formula is C58H57NO8. The molecule has 0 radical (unpaired) electrons. The molecule has 1 aliphatic rings. The molecule has 9 nitrogen and oxygen atoms in total. The van der Waals surface area contributed by atoms with Crippen molar-refractivity contribution in [1.29, 1.82) is 5.26 Å². The van der Waals surface area contributed by atoms with Gasteiger partial charge in [0.1, 0.15) is 29.7 Å². The standard InChI is InChI=1S/C58H57NO8/c1-2-63-53-32-28-44(29-33-53)34-51-35-52(31-30-50(51)36-59)58(60)56(66-41-49-26-16-7-17-27-49)54(64-39-47-22-12-5-13-23-47)55(65-40-48-24-14-6-15-25-48)57(67-58,42-61-37-45-18-8-3-9-19-45)43-62-38-46-20-10-4-11-21-46/h3-33,35,54-56,60H,2,34,37-43H2,1H3. The lowest BCUT2D eigenvalue weighted by Crippen LogP contribution is -2.72. The highest BCUT2D eigenvalue weighted by Gasteiger charge is 2.64. The zero-order valence-electron chi connectivity index (χ0n) is 37.8. The first kappa shape index (κ1) is 47.1. The average Bonchev–Trinajstić information content (AvgIpc) is 3.37. The highest BCUT2D eigenvalue weighted by atomic mass is 16.7. The molecule has 1 aliphatic heterocycles. The molecule has 0 aliphatic carbocycles. The largest absolute Gasteiger partial charge is 0.494 e. The van der Waals surface area contributed by atoms with Crippen molar-refractivity contribution in [2.45, 2.75) is 76.1 Å². The Hall–Kier alpha value is -6.45. The molecule has 7 aromatic carbocycles. The summed E-state index contributed by atoms with van der Waals surface area (Å²) in [6.07, 6.45) is -2.72. The first-order valence-electron chi connectivity index (χ1n) is 22.8. The zero-order valence-corrected chi connectivity index (χ0v) is 37.8. The Balaban J connectivity index is 1.28. The van der Waals surface area contributed by atoms with Crippen LogP contribution < -0.4 is 4.74 Å². The van der Waals surface area contributed by atoms with E-state index in [2.05, 4.69) is 6.07 Å². The molecule has 1 fully saturated rings. The zero-order chi connectivity index (χ0) is 46.2. The van der Waals surface area contributed by atoms with Crippen LogP contribution in [0.3, 0.4) is 0 Å². The van der Waals surface area contributed by atoms with Gasteiger partial charge in [-0.05, 0) is 76.6 Å². The van der Waals surface area contributed by atoms with E-state index in [9.17, 15) is 10.4 Å². The summed E-state index contributed by atoms with van der Waals surface area (Å²) in [6, 6.07) is 64.9. The smallest absolute Gasteiger partial charge is 0.223 e. The Labute approximate surface area is 394 Å². The van der Waals surface area contributed by atoms with Crippen LogP contribution >= 0.6 is 0 Å². The highest BCUT2D eigenvalue weighted by molar-refractivity contribution is 5.45. The summed E-state index contributed by atoms with van der Waals surface area (Å²) in [4.78, 5) is 0. The maximum absolute atomic E-state index is 13.9. The molecule has 8 rings (SSSR count). The van der Waals surface area contributed by atoms with Crippen LogP contribution in [-0.2, 0) is 73.7 Å². The first-order chi connectivity index (χ1) is 32.9. The maximum Gasteiger partial charge on any atom is 0.223 e. The molecule has 0 spiro atoms. The van der Waals surface area contributed by atoms with Crippen molar-refractivity contribution in [2.75, 3.05) is 19.8 Å². The number of nitrogens with zero attached hydrogens (tertiary/aromatic N) is 1. The van der Waals surface area contributed by atoms with Gasteiger partial charge < -0.3 is 38.3 Å². The van der Waals surface area contributed by atoms with E-state index < -0.39 is 29.7 Å². The lowest BCUT2D eigenvalue weighted by Gasteiger charge is -2.56. The van der Waals surface area contributed by atoms with Crippen molar-refractivity contribution in [3.05, 3.63) is 244 Å². The second kappa shape index (κ2) is 23.3. The average molecular weight is 896 g/mol. The Morgan fingerprint density at radius 3 is 1.43 bits per heavy atom. The number of benzene rings is 7. The van der Waals surface area contributed by atoms with Crippen LogP contribution in [0.1, 0.15) is 57.0 Å². The number of nitriles is 1. The van der Waals surface area contributed by atoms with Gasteiger partial charge in [0, 0.05) is 5.56 Å². The Morgan fingerprint density at radius 1 is 0.522 bits per heavy atom. The van der Waals surface area contributed by atoms with Gasteiger partial charge in [-0.1, -0.05) is 170 Å². The molecule has 1 saturated heterocycles. The monoisotopic (exact) mass is 895 g/mol. The normalized spacial score (nSPS) is 18.8. The summed E-state index contributed by atoms with van der Waals surface area (Å²) in [7, 11) is 0. The number of rotatable bonds is 22. The van der Waals surface area contributed by atoms with Gasteiger partial charge in [-0.15, -0.1) is 0 Å². The van der Waals surface area contributed by atoms with Crippen molar-refractivity contribution < 1.29 is 38.3 Å². The van der Waals surface area contributed by atoms with Crippen LogP contribution in [0.25, 0.3) is 0 Å². The topological polar surface area (TPSA) is 109 Å². The van der Waals surface area contributed by atoms with Gasteiger partial charge in [0.05, 0.1) is 64.5 Å². The fraction of sp³-hybridized carbons (Fsp3) is 0.259. The van der Waals surface area contributed by atoms with E-state index in [0.717, 1.165) is 39.1 Å². The van der Waals surface area contributed by atoms with Crippen molar-refractivity contribution in [3.63, 3.8) is 0 Å². The summed E-state index contributed by atoms with van der Waals surface area (Å²) in [5.74, 6) is -1.47. The Bertz CT molecular complexity index is 2550. The quantitative estimate of drug-likeness (QED) is 0.0711. The molecule has 9 heteroatoms. The minimum absolute atomic E-state index is 0.0651. The van der Waals surface area contributed by atoms with E-state index in [1.54, 1.807) is 12.1 Å². The third-order valence-electron chi connectivity index (χ3n) is 11.9. The second-order valence-corrected chi connectivity index (χ2v) is 16.8. The third kappa shape index (κ3) is 12.3. The van der Waals surface area contributed by atoms with E-state index in [-0.39, 0.29) is 46.2 Å². The molecule has 67 heavy (non-hydrogen) atoms. The Morgan fingerprint density at radius 2 is 0.970 bits per heavy atom. The van der Waals surface area contributed by atoms with Gasteiger partial charge in [-0.3, -0.25) is 0 Å². The lowest BCUT2D eigenvalue weighted by atomic mass is 9.80. The van der Waals surface area contributed by atoms with Gasteiger partial charge in [0.15, 0.2) is 0 Å². The van der Waals surface area contributed by atoms with Crippen molar-refractivity contribution in [2.24, 2.45) is 0 Å². The molecule has 0 aromatic heterocycles. The minimum atomic E-state index is -2.23. The highest BCUT2D eigenvalue weighted by Crippen LogP contribution is 2.47. The summed E-state index contributed by atoms with van der Waals surface area (Å²) in [5, 5.41) is 24.3. The molecular weight excluding hydrogens is 839 g/mol. The van der Waals surface area contributed by atoms with Crippen LogP contribution in [0.15, 0.2) is 194 Å². The van der Waals surface area contributed by atoms with Crippen LogP contribution in [0.2, 0.25) is 0 Å². The molecule has 0 saturated carbocycles. The predicted molar refractivity (Wildman–Crippen MR) is 257 cm³/mol. The van der Waals surface area contributed by atoms with E-state index in [1.807, 2.05) is 189 Å². The van der Waals surface area contributed by atoms with Crippen LogP contribution in [-0.4, -0.2) is 48.8 Å². The first-order valence-corrected chi connectivity index (χ1v) is 22.8. The maximum atomic E-state index is 13.9. The summed E-state index contributed by atoms with van der Waals surface area (Å²) in [5.41, 5.74) is 5.62.